The van der Waals surface area contributed by atoms with Crippen molar-refractivity contribution in [1.29, 1.82) is 0 Å². The van der Waals surface area contributed by atoms with Crippen molar-refractivity contribution in [3.8, 4) is 16.9 Å². The molecular weight excluding hydrogens is 360 g/mol. The molecule has 144 valence electrons. The summed E-state index contributed by atoms with van der Waals surface area (Å²) in [4.78, 5) is 16.8. The minimum absolute atomic E-state index is 0.164. The molecule has 5 heteroatoms. The molecule has 2 aromatic heterocycles. The first-order valence-electron chi connectivity index (χ1n) is 9.69. The Kier molecular flexibility index (Phi) is 5.76. The van der Waals surface area contributed by atoms with Crippen LogP contribution in [0.25, 0.3) is 16.9 Å². The second-order valence-electron chi connectivity index (χ2n) is 6.74. The van der Waals surface area contributed by atoms with E-state index in [4.69, 9.17) is 0 Å². The van der Waals surface area contributed by atoms with Gasteiger partial charge in [0, 0.05) is 24.5 Å². The lowest BCUT2D eigenvalue weighted by atomic mass is 10.1. The summed E-state index contributed by atoms with van der Waals surface area (Å²) in [6.07, 6.45) is 5.29. The van der Waals surface area contributed by atoms with Crippen LogP contribution in [0, 0.1) is 0 Å². The fraction of sp³-hybridized carbons (Fsp3) is 0.125. The van der Waals surface area contributed by atoms with Crippen LogP contribution in [0.3, 0.4) is 0 Å². The molecule has 0 radical (unpaired) electrons. The van der Waals surface area contributed by atoms with Crippen LogP contribution in [-0.2, 0) is 6.42 Å². The van der Waals surface area contributed by atoms with Crippen molar-refractivity contribution in [2.24, 2.45) is 0 Å². The highest BCUT2D eigenvalue weighted by Crippen LogP contribution is 2.23. The molecule has 0 unspecified atom stereocenters. The fourth-order valence-corrected chi connectivity index (χ4v) is 3.22. The first kappa shape index (κ1) is 18.6. The van der Waals surface area contributed by atoms with Gasteiger partial charge in [-0.1, -0.05) is 48.5 Å². The number of para-hydroxylation sites is 1. The zero-order valence-electron chi connectivity index (χ0n) is 16.0. The smallest absolute Gasteiger partial charge is 0.271 e. The molecule has 2 aromatic carbocycles. The predicted molar refractivity (Wildman–Crippen MR) is 114 cm³/mol. The maximum absolute atomic E-state index is 12.7. The van der Waals surface area contributed by atoms with Crippen molar-refractivity contribution in [3.05, 3.63) is 103 Å². The number of hydrogen-bond donors (Lipinski definition) is 1. The van der Waals surface area contributed by atoms with Gasteiger partial charge < -0.3 is 5.32 Å². The number of amides is 1. The molecule has 0 fully saturated rings. The topological polar surface area (TPSA) is 59.8 Å². The van der Waals surface area contributed by atoms with Crippen LogP contribution in [-0.4, -0.2) is 27.2 Å². The summed E-state index contributed by atoms with van der Waals surface area (Å²) in [5, 5.41) is 7.56. The number of carbonyl (C=O) groups excluding carboxylic acids is 1. The average Bonchev–Trinajstić information content (AvgIpc) is 3.24. The van der Waals surface area contributed by atoms with Crippen LogP contribution in [0.5, 0.6) is 0 Å². The van der Waals surface area contributed by atoms with Crippen molar-refractivity contribution < 1.29 is 4.79 Å². The fourth-order valence-electron chi connectivity index (χ4n) is 3.22. The lowest BCUT2D eigenvalue weighted by Gasteiger charge is -2.07. The Morgan fingerprint density at radius 2 is 1.59 bits per heavy atom. The number of aromatic nitrogens is 3. The predicted octanol–water partition coefficient (Wildman–Crippen LogP) is 4.30. The average molecular weight is 382 g/mol. The third-order valence-corrected chi connectivity index (χ3v) is 4.69. The van der Waals surface area contributed by atoms with E-state index in [1.54, 1.807) is 17.1 Å². The highest BCUT2D eigenvalue weighted by molar-refractivity contribution is 5.93. The van der Waals surface area contributed by atoms with E-state index in [2.05, 4.69) is 27.5 Å². The van der Waals surface area contributed by atoms with E-state index < -0.39 is 0 Å². The molecule has 0 aliphatic rings. The highest BCUT2D eigenvalue weighted by atomic mass is 16.1. The van der Waals surface area contributed by atoms with Crippen molar-refractivity contribution in [2.45, 2.75) is 12.8 Å². The minimum Gasteiger partial charge on any atom is -0.351 e. The van der Waals surface area contributed by atoms with Crippen LogP contribution in [0.2, 0.25) is 0 Å². The van der Waals surface area contributed by atoms with Crippen LogP contribution in [0.4, 0.5) is 0 Å². The highest BCUT2D eigenvalue weighted by Gasteiger charge is 2.16. The molecule has 1 N–H and O–H groups in total. The Hall–Kier alpha value is -3.73. The largest absolute Gasteiger partial charge is 0.351 e. The molecule has 0 aliphatic carbocycles. The van der Waals surface area contributed by atoms with Crippen molar-refractivity contribution in [1.82, 2.24) is 20.1 Å². The van der Waals surface area contributed by atoms with Gasteiger partial charge >= 0.3 is 0 Å². The third kappa shape index (κ3) is 4.58. The summed E-state index contributed by atoms with van der Waals surface area (Å²) in [5.41, 5.74) is 4.39. The lowest BCUT2D eigenvalue weighted by Crippen LogP contribution is -2.25. The van der Waals surface area contributed by atoms with Gasteiger partial charge in [0.1, 0.15) is 0 Å². The van der Waals surface area contributed by atoms with E-state index in [-0.39, 0.29) is 5.91 Å². The van der Waals surface area contributed by atoms with E-state index in [9.17, 15) is 4.79 Å². The quantitative estimate of drug-likeness (QED) is 0.485. The van der Waals surface area contributed by atoms with Crippen LogP contribution in [0.1, 0.15) is 22.5 Å². The maximum Gasteiger partial charge on any atom is 0.271 e. The van der Waals surface area contributed by atoms with Gasteiger partial charge in [0.25, 0.3) is 5.91 Å². The standard InChI is InChI=1S/C24H22N4O/c29-24(26-15-7-10-19-8-3-1-4-9-19)22-18-23(20-13-16-25-17-14-20)28(27-22)21-11-5-2-6-12-21/h1-6,8-9,11-14,16-18H,7,10,15H2,(H,26,29). The van der Waals surface area contributed by atoms with E-state index in [0.717, 1.165) is 29.8 Å². The van der Waals surface area contributed by atoms with E-state index in [1.165, 1.54) is 5.56 Å². The summed E-state index contributed by atoms with van der Waals surface area (Å²) in [6.45, 7) is 0.608. The van der Waals surface area contributed by atoms with Gasteiger partial charge in [-0.05, 0) is 48.7 Å². The number of carbonyl (C=O) groups is 1. The molecule has 1 amide bonds. The molecule has 2 heterocycles. The van der Waals surface area contributed by atoms with Gasteiger partial charge in [-0.2, -0.15) is 5.10 Å². The second-order valence-corrected chi connectivity index (χ2v) is 6.74. The normalized spacial score (nSPS) is 10.6. The van der Waals surface area contributed by atoms with Gasteiger partial charge in [-0.3, -0.25) is 9.78 Å². The molecule has 0 bridgehead atoms. The Labute approximate surface area is 170 Å². The van der Waals surface area contributed by atoms with E-state index >= 15 is 0 Å². The Bertz CT molecular complexity index is 1000. The Balaban J connectivity index is 1.50. The van der Waals surface area contributed by atoms with Crippen LogP contribution in [0.15, 0.2) is 91.3 Å². The summed E-state index contributed by atoms with van der Waals surface area (Å²) in [5.74, 6) is -0.164. The van der Waals surface area contributed by atoms with Crippen LogP contribution >= 0.6 is 0 Å². The van der Waals surface area contributed by atoms with Crippen LogP contribution < -0.4 is 5.32 Å². The molecule has 4 rings (SSSR count). The first-order valence-corrected chi connectivity index (χ1v) is 9.69. The first-order chi connectivity index (χ1) is 14.3. The summed E-state index contributed by atoms with van der Waals surface area (Å²) in [7, 11) is 0. The molecule has 0 spiro atoms. The van der Waals surface area contributed by atoms with Gasteiger partial charge in [0.15, 0.2) is 5.69 Å². The van der Waals surface area contributed by atoms with Gasteiger partial charge in [0.05, 0.1) is 11.4 Å². The second kappa shape index (κ2) is 8.97. The molecule has 4 aromatic rings. The zero-order valence-corrected chi connectivity index (χ0v) is 16.0. The number of nitrogens with one attached hydrogen (secondary N) is 1. The third-order valence-electron chi connectivity index (χ3n) is 4.69. The summed E-state index contributed by atoms with van der Waals surface area (Å²) < 4.78 is 1.80. The molecular formula is C24H22N4O. The van der Waals surface area contributed by atoms with Gasteiger partial charge in [-0.15, -0.1) is 0 Å². The van der Waals surface area contributed by atoms with Gasteiger partial charge in [-0.25, -0.2) is 4.68 Å². The van der Waals surface area contributed by atoms with E-state index in [1.807, 2.05) is 66.7 Å². The zero-order chi connectivity index (χ0) is 19.9. The number of rotatable bonds is 7. The number of benzene rings is 2. The molecule has 0 saturated heterocycles. The maximum atomic E-state index is 12.7. The van der Waals surface area contributed by atoms with E-state index in [0.29, 0.717) is 12.2 Å². The SMILES string of the molecule is O=C(NCCCc1ccccc1)c1cc(-c2ccncc2)n(-c2ccccc2)n1. The van der Waals surface area contributed by atoms with Crippen molar-refractivity contribution >= 4 is 5.91 Å². The number of aryl methyl sites for hydroxylation is 1. The molecule has 0 atom stereocenters. The Morgan fingerprint density at radius 3 is 2.31 bits per heavy atom. The number of pyridine rings is 1. The Morgan fingerprint density at radius 1 is 0.897 bits per heavy atom. The summed E-state index contributed by atoms with van der Waals surface area (Å²) >= 11 is 0. The molecule has 0 saturated carbocycles. The van der Waals surface area contributed by atoms with Crippen molar-refractivity contribution in [2.75, 3.05) is 6.54 Å². The van der Waals surface area contributed by atoms with Gasteiger partial charge in [0.2, 0.25) is 0 Å². The summed E-state index contributed by atoms with van der Waals surface area (Å²) in [6, 6.07) is 25.7. The molecule has 29 heavy (non-hydrogen) atoms. The molecule has 0 aliphatic heterocycles. The lowest BCUT2D eigenvalue weighted by molar-refractivity contribution is 0.0948. The minimum atomic E-state index is -0.164. The monoisotopic (exact) mass is 382 g/mol. The molecule has 5 nitrogen and oxygen atoms in total. The number of nitrogens with zero attached hydrogens (tertiary/aromatic N) is 3. The number of hydrogen-bond acceptors (Lipinski definition) is 3. The van der Waals surface area contributed by atoms with Crippen molar-refractivity contribution in [3.63, 3.8) is 0 Å².